The second kappa shape index (κ2) is 8.12. The van der Waals surface area contributed by atoms with Crippen molar-refractivity contribution in [3.63, 3.8) is 0 Å². The summed E-state index contributed by atoms with van der Waals surface area (Å²) in [5.74, 6) is -0.375. The number of hydrogen-bond acceptors (Lipinski definition) is 2. The first-order chi connectivity index (χ1) is 9.51. The molecule has 1 aliphatic carbocycles. The molecular weight excluding hydrogens is 256 g/mol. The third-order valence-corrected chi connectivity index (χ3v) is 4.51. The van der Waals surface area contributed by atoms with Gasteiger partial charge in [-0.3, -0.25) is 4.79 Å². The number of amides is 2. The molecule has 116 valence electrons. The maximum atomic E-state index is 11.7. The molecule has 0 spiro atoms. The Labute approximate surface area is 121 Å². The van der Waals surface area contributed by atoms with Crippen LogP contribution in [0.25, 0.3) is 0 Å². The van der Waals surface area contributed by atoms with Crippen LogP contribution in [0.3, 0.4) is 0 Å². The highest BCUT2D eigenvalue weighted by molar-refractivity contribution is 5.73. The van der Waals surface area contributed by atoms with Gasteiger partial charge in [0.05, 0.1) is 0 Å². The standard InChI is InChI=1S/C15H28N2O3/c1-3-12(5-6-13(18)19)7-10-16-14(20)17-11-15(4-2)8-9-15/h12H,3-11H2,1-2H3,(H,18,19)(H2,16,17,20). The third-order valence-electron chi connectivity index (χ3n) is 4.51. The number of nitrogens with one attached hydrogen (secondary N) is 2. The highest BCUT2D eigenvalue weighted by Crippen LogP contribution is 2.47. The minimum Gasteiger partial charge on any atom is -0.481 e. The molecule has 20 heavy (non-hydrogen) atoms. The molecule has 1 saturated carbocycles. The first-order valence-corrected chi connectivity index (χ1v) is 7.75. The number of carboxylic acid groups (broad SMARTS) is 1. The van der Waals surface area contributed by atoms with Crippen molar-refractivity contribution >= 4 is 12.0 Å². The Balaban J connectivity index is 2.09. The molecule has 0 heterocycles. The van der Waals surface area contributed by atoms with Crippen molar-refractivity contribution in [2.45, 2.75) is 58.8 Å². The van der Waals surface area contributed by atoms with Crippen LogP contribution in [0.1, 0.15) is 58.8 Å². The highest BCUT2D eigenvalue weighted by Gasteiger charge is 2.40. The zero-order chi connectivity index (χ0) is 15.0. The Bertz CT molecular complexity index is 327. The highest BCUT2D eigenvalue weighted by atomic mass is 16.4. The van der Waals surface area contributed by atoms with Crippen molar-refractivity contribution in [2.24, 2.45) is 11.3 Å². The summed E-state index contributed by atoms with van der Waals surface area (Å²) in [4.78, 5) is 22.2. The van der Waals surface area contributed by atoms with E-state index in [0.29, 0.717) is 24.3 Å². The molecule has 0 aromatic carbocycles. The maximum Gasteiger partial charge on any atom is 0.314 e. The molecule has 1 aliphatic rings. The summed E-state index contributed by atoms with van der Waals surface area (Å²) in [6.45, 7) is 5.61. The average molecular weight is 284 g/mol. The van der Waals surface area contributed by atoms with Gasteiger partial charge in [0, 0.05) is 19.5 Å². The molecule has 0 aromatic rings. The normalized spacial score (nSPS) is 17.3. The number of urea groups is 1. The van der Waals surface area contributed by atoms with Crippen LogP contribution in [-0.2, 0) is 4.79 Å². The van der Waals surface area contributed by atoms with E-state index in [2.05, 4.69) is 24.5 Å². The van der Waals surface area contributed by atoms with Crippen molar-refractivity contribution in [1.82, 2.24) is 10.6 Å². The fourth-order valence-electron chi connectivity index (χ4n) is 2.43. The molecule has 5 nitrogen and oxygen atoms in total. The van der Waals surface area contributed by atoms with Gasteiger partial charge in [0.1, 0.15) is 0 Å². The minimum atomic E-state index is -0.747. The number of rotatable bonds is 10. The number of hydrogen-bond donors (Lipinski definition) is 3. The van der Waals surface area contributed by atoms with Crippen LogP contribution in [-0.4, -0.2) is 30.2 Å². The van der Waals surface area contributed by atoms with Gasteiger partial charge in [-0.25, -0.2) is 4.79 Å². The first kappa shape index (κ1) is 16.8. The summed E-state index contributed by atoms with van der Waals surface area (Å²) in [7, 11) is 0. The molecule has 0 aromatic heterocycles. The molecule has 0 radical (unpaired) electrons. The van der Waals surface area contributed by atoms with E-state index in [0.717, 1.165) is 25.8 Å². The van der Waals surface area contributed by atoms with Crippen LogP contribution < -0.4 is 10.6 Å². The Morgan fingerprint density at radius 1 is 1.20 bits per heavy atom. The van der Waals surface area contributed by atoms with Gasteiger partial charge < -0.3 is 15.7 Å². The summed E-state index contributed by atoms with van der Waals surface area (Å²) in [6.07, 6.45) is 6.26. The van der Waals surface area contributed by atoms with E-state index < -0.39 is 5.97 Å². The third kappa shape index (κ3) is 6.26. The second-order valence-electron chi connectivity index (χ2n) is 5.96. The zero-order valence-electron chi connectivity index (χ0n) is 12.7. The van der Waals surface area contributed by atoms with E-state index in [1.54, 1.807) is 0 Å². The predicted octanol–water partition coefficient (Wildman–Crippen LogP) is 2.76. The van der Waals surface area contributed by atoms with Crippen LogP contribution in [0.15, 0.2) is 0 Å². The van der Waals surface area contributed by atoms with Gasteiger partial charge in [0.15, 0.2) is 0 Å². The van der Waals surface area contributed by atoms with E-state index in [4.69, 9.17) is 5.11 Å². The summed E-state index contributed by atoms with van der Waals surface area (Å²) in [5.41, 5.74) is 0.366. The Hall–Kier alpha value is -1.26. The summed E-state index contributed by atoms with van der Waals surface area (Å²) >= 11 is 0. The summed E-state index contributed by atoms with van der Waals surface area (Å²) < 4.78 is 0. The zero-order valence-corrected chi connectivity index (χ0v) is 12.7. The molecule has 5 heteroatoms. The fourth-order valence-corrected chi connectivity index (χ4v) is 2.43. The van der Waals surface area contributed by atoms with Gasteiger partial charge >= 0.3 is 12.0 Å². The van der Waals surface area contributed by atoms with E-state index in [-0.39, 0.29) is 12.5 Å². The lowest BCUT2D eigenvalue weighted by atomic mass is 9.97. The lowest BCUT2D eigenvalue weighted by Crippen LogP contribution is -2.39. The van der Waals surface area contributed by atoms with Gasteiger partial charge in [0.25, 0.3) is 0 Å². The van der Waals surface area contributed by atoms with Crippen molar-refractivity contribution in [3.05, 3.63) is 0 Å². The monoisotopic (exact) mass is 284 g/mol. The number of carbonyl (C=O) groups excluding carboxylic acids is 1. The fraction of sp³-hybridized carbons (Fsp3) is 0.867. The van der Waals surface area contributed by atoms with Gasteiger partial charge in [-0.1, -0.05) is 20.3 Å². The molecule has 0 aliphatic heterocycles. The molecule has 2 amide bonds. The van der Waals surface area contributed by atoms with Gasteiger partial charge in [0.2, 0.25) is 0 Å². The van der Waals surface area contributed by atoms with E-state index in [1.165, 1.54) is 12.8 Å². The topological polar surface area (TPSA) is 78.4 Å². The van der Waals surface area contributed by atoms with Gasteiger partial charge in [-0.05, 0) is 43.4 Å². The van der Waals surface area contributed by atoms with Crippen molar-refractivity contribution in [1.29, 1.82) is 0 Å². The van der Waals surface area contributed by atoms with E-state index in [1.807, 2.05) is 0 Å². The molecular formula is C15H28N2O3. The van der Waals surface area contributed by atoms with Crippen molar-refractivity contribution < 1.29 is 14.7 Å². The molecule has 0 saturated heterocycles. The molecule has 1 fully saturated rings. The SMILES string of the molecule is CCC(CCNC(=O)NCC1(CC)CC1)CCC(=O)O. The van der Waals surface area contributed by atoms with Gasteiger partial charge in [-0.15, -0.1) is 0 Å². The van der Waals surface area contributed by atoms with Crippen LogP contribution >= 0.6 is 0 Å². The largest absolute Gasteiger partial charge is 0.481 e. The lowest BCUT2D eigenvalue weighted by molar-refractivity contribution is -0.137. The van der Waals surface area contributed by atoms with E-state index in [9.17, 15) is 9.59 Å². The van der Waals surface area contributed by atoms with Crippen LogP contribution in [0.4, 0.5) is 4.79 Å². The second-order valence-corrected chi connectivity index (χ2v) is 5.96. The van der Waals surface area contributed by atoms with E-state index >= 15 is 0 Å². The van der Waals surface area contributed by atoms with Crippen LogP contribution in [0, 0.1) is 11.3 Å². The Morgan fingerprint density at radius 2 is 1.90 bits per heavy atom. The van der Waals surface area contributed by atoms with Crippen molar-refractivity contribution in [3.8, 4) is 0 Å². The molecule has 1 rings (SSSR count). The van der Waals surface area contributed by atoms with Crippen LogP contribution in [0.2, 0.25) is 0 Å². The number of carboxylic acids is 1. The molecule has 0 bridgehead atoms. The Kier molecular flexibility index (Phi) is 6.82. The first-order valence-electron chi connectivity index (χ1n) is 7.75. The lowest BCUT2D eigenvalue weighted by Gasteiger charge is -2.16. The van der Waals surface area contributed by atoms with Crippen LogP contribution in [0.5, 0.6) is 0 Å². The molecule has 3 N–H and O–H groups in total. The quantitative estimate of drug-likeness (QED) is 0.577. The maximum absolute atomic E-state index is 11.7. The molecule has 1 unspecified atom stereocenters. The summed E-state index contributed by atoms with van der Waals surface area (Å²) in [5, 5.41) is 14.5. The Morgan fingerprint density at radius 3 is 2.40 bits per heavy atom. The average Bonchev–Trinajstić information content (AvgIpc) is 3.21. The predicted molar refractivity (Wildman–Crippen MR) is 78.6 cm³/mol. The van der Waals surface area contributed by atoms with Crippen molar-refractivity contribution in [2.75, 3.05) is 13.1 Å². The number of aliphatic carboxylic acids is 1. The smallest absolute Gasteiger partial charge is 0.314 e. The number of carbonyl (C=O) groups is 2. The van der Waals surface area contributed by atoms with Gasteiger partial charge in [-0.2, -0.15) is 0 Å². The minimum absolute atomic E-state index is 0.0992. The summed E-state index contributed by atoms with van der Waals surface area (Å²) in [6, 6.07) is -0.0992. The molecule has 1 atom stereocenters.